The standard InChI is InChI=1S/C64H115O11P/c1-4-7-10-13-16-19-22-25-27-29-30-32-33-36-38-41-44-47-50-53-62(66)71-57-61(75-64(68)55-52-49-46-43-40-37-34-31-28-26-23-20-17-14-11-8-5-2)59-73-76(69,70)72-58-60(56-65)74-63(67)54-51-48-45-42-39-35-24-21-18-15-12-9-6-3/h7,10,16,19,25-28,30,32,60-61,65H,4-6,8-9,11-15,17-18,20-24,29,31,33-59H2,1-3H3,(H,69,70)/b10-7-,19-16-,27-25-,28-26-,32-30-. The van der Waals surface area contributed by atoms with Gasteiger partial charge in [-0.2, -0.15) is 0 Å². The summed E-state index contributed by atoms with van der Waals surface area (Å²) in [7, 11) is -4.75. The monoisotopic (exact) mass is 1090 g/mol. The third-order valence-electron chi connectivity index (χ3n) is 13.4. The van der Waals surface area contributed by atoms with Crippen molar-refractivity contribution in [2.24, 2.45) is 0 Å². The molecule has 0 amide bonds. The Balaban J connectivity index is 4.72. The highest BCUT2D eigenvalue weighted by molar-refractivity contribution is 7.47. The first-order valence-corrected chi connectivity index (χ1v) is 32.7. The fourth-order valence-corrected chi connectivity index (χ4v) is 9.48. The van der Waals surface area contributed by atoms with Crippen molar-refractivity contribution < 1.29 is 52.2 Å². The van der Waals surface area contributed by atoms with Crippen LogP contribution in [0, 0.1) is 0 Å². The van der Waals surface area contributed by atoms with E-state index < -0.39 is 57.8 Å². The third-order valence-corrected chi connectivity index (χ3v) is 14.4. The molecule has 2 N–H and O–H groups in total. The Morgan fingerprint density at radius 3 is 1.07 bits per heavy atom. The highest BCUT2D eigenvalue weighted by Crippen LogP contribution is 2.43. The van der Waals surface area contributed by atoms with E-state index in [9.17, 15) is 28.9 Å². The smallest absolute Gasteiger partial charge is 0.462 e. The van der Waals surface area contributed by atoms with E-state index in [0.717, 1.165) is 116 Å². The van der Waals surface area contributed by atoms with Gasteiger partial charge in [-0.15, -0.1) is 0 Å². The van der Waals surface area contributed by atoms with Crippen LogP contribution in [0.25, 0.3) is 0 Å². The molecule has 0 aliphatic heterocycles. The molecule has 442 valence electrons. The summed E-state index contributed by atoms with van der Waals surface area (Å²) in [5, 5.41) is 9.83. The van der Waals surface area contributed by atoms with E-state index in [1.807, 2.05) is 0 Å². The Bertz CT molecular complexity index is 1510. The summed E-state index contributed by atoms with van der Waals surface area (Å²) in [6.45, 7) is 4.55. The van der Waals surface area contributed by atoms with Crippen LogP contribution in [0.4, 0.5) is 0 Å². The first-order chi connectivity index (χ1) is 37.2. The quantitative estimate of drug-likeness (QED) is 0.0197. The lowest BCUT2D eigenvalue weighted by Crippen LogP contribution is -2.30. The van der Waals surface area contributed by atoms with Gasteiger partial charge in [-0.3, -0.25) is 23.4 Å². The number of unbranched alkanes of at least 4 members (excludes halogenated alkanes) is 31. The molecule has 0 bridgehead atoms. The van der Waals surface area contributed by atoms with Gasteiger partial charge in [-0.05, 0) is 83.5 Å². The lowest BCUT2D eigenvalue weighted by atomic mass is 10.0. The fourth-order valence-electron chi connectivity index (χ4n) is 8.70. The summed E-state index contributed by atoms with van der Waals surface area (Å²) < 4.78 is 39.6. The van der Waals surface area contributed by atoms with E-state index in [0.29, 0.717) is 19.3 Å². The molecule has 0 aliphatic rings. The molecule has 12 heteroatoms. The molecule has 76 heavy (non-hydrogen) atoms. The van der Waals surface area contributed by atoms with Crippen LogP contribution in [0.5, 0.6) is 0 Å². The van der Waals surface area contributed by atoms with Crippen molar-refractivity contribution in [1.29, 1.82) is 0 Å². The molecule has 0 spiro atoms. The molecule has 0 radical (unpaired) electrons. The number of rotatable bonds is 58. The predicted octanol–water partition coefficient (Wildman–Crippen LogP) is 18.7. The normalized spacial score (nSPS) is 13.7. The maximum Gasteiger partial charge on any atom is 0.472 e. The van der Waals surface area contributed by atoms with E-state index in [2.05, 4.69) is 81.5 Å². The summed E-state index contributed by atoms with van der Waals surface area (Å²) >= 11 is 0. The Morgan fingerprint density at radius 2 is 0.684 bits per heavy atom. The summed E-state index contributed by atoms with van der Waals surface area (Å²) in [6, 6.07) is 0. The van der Waals surface area contributed by atoms with E-state index >= 15 is 0 Å². The third kappa shape index (κ3) is 55.9. The number of esters is 3. The van der Waals surface area contributed by atoms with Gasteiger partial charge in [0.15, 0.2) is 6.10 Å². The number of ether oxygens (including phenoxy) is 3. The predicted molar refractivity (Wildman–Crippen MR) is 316 cm³/mol. The summed E-state index contributed by atoms with van der Waals surface area (Å²) in [6.07, 6.45) is 64.5. The molecule has 3 atom stereocenters. The van der Waals surface area contributed by atoms with Gasteiger partial charge in [0.25, 0.3) is 0 Å². The average molecular weight is 1090 g/mol. The molecule has 0 aliphatic carbocycles. The van der Waals surface area contributed by atoms with Crippen molar-refractivity contribution in [1.82, 2.24) is 0 Å². The second kappa shape index (κ2) is 58.3. The van der Waals surface area contributed by atoms with Crippen molar-refractivity contribution in [3.63, 3.8) is 0 Å². The minimum absolute atomic E-state index is 0.160. The van der Waals surface area contributed by atoms with Crippen LogP contribution in [0.3, 0.4) is 0 Å². The molecular formula is C64H115O11P. The number of hydrogen-bond acceptors (Lipinski definition) is 10. The first-order valence-electron chi connectivity index (χ1n) is 31.2. The van der Waals surface area contributed by atoms with E-state index in [-0.39, 0.29) is 25.9 Å². The van der Waals surface area contributed by atoms with Crippen molar-refractivity contribution in [3.8, 4) is 0 Å². The molecular weight excluding hydrogens is 976 g/mol. The van der Waals surface area contributed by atoms with Crippen LogP contribution in [0.15, 0.2) is 60.8 Å². The van der Waals surface area contributed by atoms with Crippen LogP contribution >= 0.6 is 7.82 Å². The van der Waals surface area contributed by atoms with Gasteiger partial charge < -0.3 is 24.2 Å². The average Bonchev–Trinajstić information content (AvgIpc) is 3.41. The molecule has 0 aromatic carbocycles. The highest BCUT2D eigenvalue weighted by atomic mass is 31.2. The van der Waals surface area contributed by atoms with Crippen molar-refractivity contribution >= 4 is 25.7 Å². The lowest BCUT2D eigenvalue weighted by Gasteiger charge is -2.21. The van der Waals surface area contributed by atoms with Crippen LogP contribution < -0.4 is 0 Å². The zero-order valence-electron chi connectivity index (χ0n) is 49.0. The zero-order valence-corrected chi connectivity index (χ0v) is 49.9. The molecule has 11 nitrogen and oxygen atoms in total. The fraction of sp³-hybridized carbons (Fsp3) is 0.797. The minimum Gasteiger partial charge on any atom is -0.462 e. The Hall–Kier alpha value is -2.82. The molecule has 0 rings (SSSR count). The first kappa shape index (κ1) is 73.2. The molecule has 0 saturated heterocycles. The topological polar surface area (TPSA) is 155 Å². The number of allylic oxidation sites excluding steroid dienone is 10. The number of phosphoric acid groups is 1. The van der Waals surface area contributed by atoms with Crippen LogP contribution in [0.2, 0.25) is 0 Å². The van der Waals surface area contributed by atoms with Crippen molar-refractivity contribution in [2.75, 3.05) is 26.4 Å². The van der Waals surface area contributed by atoms with Gasteiger partial charge in [0, 0.05) is 19.3 Å². The number of carbonyl (C=O) groups excluding carboxylic acids is 3. The second-order valence-corrected chi connectivity index (χ2v) is 22.3. The van der Waals surface area contributed by atoms with E-state index in [1.165, 1.54) is 116 Å². The second-order valence-electron chi connectivity index (χ2n) is 20.8. The molecule has 3 unspecified atom stereocenters. The number of aliphatic hydroxyl groups excluding tert-OH is 1. The van der Waals surface area contributed by atoms with E-state index in [4.69, 9.17) is 23.3 Å². The van der Waals surface area contributed by atoms with Gasteiger partial charge in [-0.25, -0.2) is 4.57 Å². The largest absolute Gasteiger partial charge is 0.472 e. The van der Waals surface area contributed by atoms with Gasteiger partial charge >= 0.3 is 25.7 Å². The van der Waals surface area contributed by atoms with Gasteiger partial charge in [0.1, 0.15) is 12.7 Å². The Morgan fingerprint density at radius 1 is 0.382 bits per heavy atom. The van der Waals surface area contributed by atoms with Crippen LogP contribution in [-0.4, -0.2) is 66.5 Å². The lowest BCUT2D eigenvalue weighted by molar-refractivity contribution is -0.161. The Kier molecular flexibility index (Phi) is 56.2. The molecule has 0 heterocycles. The van der Waals surface area contributed by atoms with Gasteiger partial charge in [-0.1, -0.05) is 248 Å². The summed E-state index contributed by atoms with van der Waals surface area (Å²) in [5.74, 6) is -1.47. The maximum absolute atomic E-state index is 12.9. The van der Waals surface area contributed by atoms with Crippen molar-refractivity contribution in [2.45, 2.75) is 303 Å². The highest BCUT2D eigenvalue weighted by Gasteiger charge is 2.28. The molecule has 0 aromatic rings. The summed E-state index contributed by atoms with van der Waals surface area (Å²) in [5.41, 5.74) is 0. The van der Waals surface area contributed by atoms with Gasteiger partial charge in [0.05, 0.1) is 19.8 Å². The number of hydrogen-bond donors (Lipinski definition) is 2. The Labute approximate surface area is 465 Å². The minimum atomic E-state index is -4.75. The maximum atomic E-state index is 12.9. The van der Waals surface area contributed by atoms with Crippen LogP contribution in [0.1, 0.15) is 290 Å². The SMILES string of the molecule is CC/C=C\C/C=C\C/C=C\C/C=C\CCCCCCCCC(=O)OCC(COP(=O)(O)OCC(CO)OC(=O)CCCCCCCCCCCCCCC)OC(=O)CCCCCCCCC/C=C\CCCCCCCC. The summed E-state index contributed by atoms with van der Waals surface area (Å²) in [4.78, 5) is 48.7. The molecule has 0 saturated carbocycles. The van der Waals surface area contributed by atoms with Gasteiger partial charge in [0.2, 0.25) is 0 Å². The zero-order chi connectivity index (χ0) is 55.5. The molecule has 0 fully saturated rings. The van der Waals surface area contributed by atoms with Crippen LogP contribution in [-0.2, 0) is 42.2 Å². The number of phosphoric ester groups is 1. The number of carbonyl (C=O) groups is 3. The van der Waals surface area contributed by atoms with E-state index in [1.54, 1.807) is 0 Å². The molecule has 0 aromatic heterocycles. The number of aliphatic hydroxyl groups is 1. The van der Waals surface area contributed by atoms with Crippen molar-refractivity contribution in [3.05, 3.63) is 60.8 Å².